The lowest BCUT2D eigenvalue weighted by Crippen LogP contribution is -2.32. The van der Waals surface area contributed by atoms with Gasteiger partial charge in [0.05, 0.1) is 13.7 Å². The van der Waals surface area contributed by atoms with Crippen molar-refractivity contribution < 1.29 is 9.47 Å². The number of methoxy groups -OCH3 is 2. The molecule has 19 heavy (non-hydrogen) atoms. The Labute approximate surface area is 113 Å². The van der Waals surface area contributed by atoms with Gasteiger partial charge in [-0.15, -0.1) is 0 Å². The predicted molar refractivity (Wildman–Crippen MR) is 72.4 cm³/mol. The van der Waals surface area contributed by atoms with Gasteiger partial charge in [-0.3, -0.25) is 0 Å². The van der Waals surface area contributed by atoms with Crippen LogP contribution in [0.15, 0.2) is 12.4 Å². The van der Waals surface area contributed by atoms with Gasteiger partial charge in [-0.1, -0.05) is 6.42 Å². The van der Waals surface area contributed by atoms with Gasteiger partial charge in [0.25, 0.3) is 0 Å². The highest BCUT2D eigenvalue weighted by Gasteiger charge is 2.49. The lowest BCUT2D eigenvalue weighted by atomic mass is 9.82. The molecule has 1 saturated heterocycles. The normalized spacial score (nSPS) is 29.6. The monoisotopic (exact) mass is 263 g/mol. The minimum absolute atomic E-state index is 0.326. The molecule has 1 aliphatic heterocycles. The van der Waals surface area contributed by atoms with Crippen LogP contribution in [0.3, 0.4) is 0 Å². The van der Waals surface area contributed by atoms with Crippen LogP contribution in [-0.2, 0) is 4.74 Å². The lowest BCUT2D eigenvalue weighted by molar-refractivity contribution is 0.0770. The van der Waals surface area contributed by atoms with Gasteiger partial charge < -0.3 is 14.4 Å². The summed E-state index contributed by atoms with van der Waals surface area (Å²) in [6, 6.07) is 1.92. The van der Waals surface area contributed by atoms with Gasteiger partial charge in [0.1, 0.15) is 12.1 Å². The Bertz CT molecular complexity index is 454. The summed E-state index contributed by atoms with van der Waals surface area (Å²) in [5, 5.41) is 0. The Morgan fingerprint density at radius 3 is 3.11 bits per heavy atom. The fourth-order valence-corrected chi connectivity index (χ4v) is 3.73. The Morgan fingerprint density at radius 1 is 1.42 bits per heavy atom. The molecule has 0 aromatic carbocycles. The highest BCUT2D eigenvalue weighted by atomic mass is 16.5. The molecule has 5 nitrogen and oxygen atoms in total. The van der Waals surface area contributed by atoms with Gasteiger partial charge in [0.15, 0.2) is 0 Å². The molecule has 0 N–H and O–H groups in total. The van der Waals surface area contributed by atoms with E-state index in [4.69, 9.17) is 9.47 Å². The van der Waals surface area contributed by atoms with Gasteiger partial charge >= 0.3 is 0 Å². The molecule has 3 rings (SSSR count). The maximum absolute atomic E-state index is 5.48. The Balaban J connectivity index is 1.81. The van der Waals surface area contributed by atoms with Gasteiger partial charge in [0, 0.05) is 31.7 Å². The Hall–Kier alpha value is -1.36. The molecule has 104 valence electrons. The molecule has 1 aromatic rings. The van der Waals surface area contributed by atoms with Gasteiger partial charge in [-0.25, -0.2) is 9.97 Å². The third kappa shape index (κ3) is 2.16. The standard InChI is InChI=1S/C14H21N3O2/c1-18-9-14-5-3-4-11(14)7-17(8-14)12-6-13(19-2)16-10-15-12/h6,10-11H,3-5,7-9H2,1-2H3/t11-,14+/m0/s1. The van der Waals surface area contributed by atoms with E-state index in [1.54, 1.807) is 20.5 Å². The van der Waals surface area contributed by atoms with E-state index in [2.05, 4.69) is 14.9 Å². The summed E-state index contributed by atoms with van der Waals surface area (Å²) in [5.41, 5.74) is 0.326. The molecule has 1 aliphatic carbocycles. The van der Waals surface area contributed by atoms with Crippen molar-refractivity contribution in [2.24, 2.45) is 11.3 Å². The summed E-state index contributed by atoms with van der Waals surface area (Å²) in [6.07, 6.45) is 5.48. The topological polar surface area (TPSA) is 47.5 Å². The van der Waals surface area contributed by atoms with E-state index in [0.29, 0.717) is 11.3 Å². The average molecular weight is 263 g/mol. The second-order valence-corrected chi connectivity index (χ2v) is 5.68. The zero-order valence-corrected chi connectivity index (χ0v) is 11.6. The van der Waals surface area contributed by atoms with Gasteiger partial charge in [-0.05, 0) is 18.8 Å². The summed E-state index contributed by atoms with van der Waals surface area (Å²) < 4.78 is 10.7. The van der Waals surface area contributed by atoms with Crippen molar-refractivity contribution >= 4 is 5.82 Å². The molecule has 1 saturated carbocycles. The van der Waals surface area contributed by atoms with E-state index in [1.807, 2.05) is 6.07 Å². The van der Waals surface area contributed by atoms with E-state index in [0.717, 1.165) is 31.4 Å². The van der Waals surface area contributed by atoms with Crippen LogP contribution in [0.5, 0.6) is 5.88 Å². The van der Waals surface area contributed by atoms with Gasteiger partial charge in [0.2, 0.25) is 5.88 Å². The highest BCUT2D eigenvalue weighted by Crippen LogP contribution is 2.49. The molecule has 0 amide bonds. The van der Waals surface area contributed by atoms with Crippen LogP contribution in [0.25, 0.3) is 0 Å². The second-order valence-electron chi connectivity index (χ2n) is 5.68. The van der Waals surface area contributed by atoms with Crippen LogP contribution in [0.2, 0.25) is 0 Å². The minimum Gasteiger partial charge on any atom is -0.481 e. The molecule has 0 spiro atoms. The van der Waals surface area contributed by atoms with E-state index in [-0.39, 0.29) is 0 Å². The molecular formula is C14H21N3O2. The number of rotatable bonds is 4. The first-order chi connectivity index (χ1) is 9.27. The van der Waals surface area contributed by atoms with E-state index >= 15 is 0 Å². The van der Waals surface area contributed by atoms with Crippen LogP contribution in [0.4, 0.5) is 5.82 Å². The maximum Gasteiger partial charge on any atom is 0.218 e. The van der Waals surface area contributed by atoms with Crippen LogP contribution in [-0.4, -0.2) is 43.9 Å². The SMILES string of the molecule is COC[C@]12CCC[C@H]1CN(c1cc(OC)ncn1)C2. The van der Waals surface area contributed by atoms with Crippen molar-refractivity contribution in [3.8, 4) is 5.88 Å². The zero-order valence-electron chi connectivity index (χ0n) is 11.6. The summed E-state index contributed by atoms with van der Waals surface area (Å²) >= 11 is 0. The first kappa shape index (κ1) is 12.7. The number of aromatic nitrogens is 2. The molecule has 2 aliphatic rings. The quantitative estimate of drug-likeness (QED) is 0.828. The van der Waals surface area contributed by atoms with Crippen molar-refractivity contribution in [1.82, 2.24) is 9.97 Å². The maximum atomic E-state index is 5.48. The smallest absolute Gasteiger partial charge is 0.218 e. The van der Waals surface area contributed by atoms with E-state index < -0.39 is 0 Å². The fraction of sp³-hybridized carbons (Fsp3) is 0.714. The van der Waals surface area contributed by atoms with Crippen molar-refractivity contribution in [1.29, 1.82) is 0 Å². The van der Waals surface area contributed by atoms with E-state index in [9.17, 15) is 0 Å². The molecule has 0 radical (unpaired) electrons. The van der Waals surface area contributed by atoms with Crippen molar-refractivity contribution in [3.05, 3.63) is 12.4 Å². The third-order valence-corrected chi connectivity index (χ3v) is 4.63. The number of fused-ring (bicyclic) bond motifs is 1. The van der Waals surface area contributed by atoms with E-state index in [1.165, 1.54) is 19.3 Å². The minimum atomic E-state index is 0.326. The lowest BCUT2D eigenvalue weighted by Gasteiger charge is -2.27. The Morgan fingerprint density at radius 2 is 2.32 bits per heavy atom. The number of anilines is 1. The van der Waals surface area contributed by atoms with Crippen molar-refractivity contribution in [3.63, 3.8) is 0 Å². The summed E-state index contributed by atoms with van der Waals surface area (Å²) in [5.74, 6) is 2.33. The number of hydrogen-bond donors (Lipinski definition) is 0. The summed E-state index contributed by atoms with van der Waals surface area (Å²) in [4.78, 5) is 10.8. The van der Waals surface area contributed by atoms with Gasteiger partial charge in [-0.2, -0.15) is 0 Å². The molecule has 2 atom stereocenters. The molecule has 2 heterocycles. The number of hydrogen-bond acceptors (Lipinski definition) is 5. The molecule has 0 unspecified atom stereocenters. The molecule has 5 heteroatoms. The van der Waals surface area contributed by atoms with Crippen LogP contribution in [0, 0.1) is 11.3 Å². The molecule has 1 aromatic heterocycles. The largest absolute Gasteiger partial charge is 0.481 e. The first-order valence-corrected chi connectivity index (χ1v) is 6.87. The molecule has 2 fully saturated rings. The predicted octanol–water partition coefficient (Wildman–Crippen LogP) is 1.74. The number of ether oxygens (including phenoxy) is 2. The van der Waals surface area contributed by atoms with Crippen LogP contribution in [0.1, 0.15) is 19.3 Å². The van der Waals surface area contributed by atoms with Crippen LogP contribution < -0.4 is 9.64 Å². The van der Waals surface area contributed by atoms with Crippen LogP contribution >= 0.6 is 0 Å². The fourth-order valence-electron chi connectivity index (χ4n) is 3.73. The first-order valence-electron chi connectivity index (χ1n) is 6.87. The molecular weight excluding hydrogens is 242 g/mol. The third-order valence-electron chi connectivity index (χ3n) is 4.63. The van der Waals surface area contributed by atoms with Crippen molar-refractivity contribution in [2.75, 3.05) is 38.8 Å². The highest BCUT2D eigenvalue weighted by molar-refractivity contribution is 5.43. The second kappa shape index (κ2) is 4.96. The summed E-state index contributed by atoms with van der Waals surface area (Å²) in [6.45, 7) is 2.96. The number of nitrogens with zero attached hydrogens (tertiary/aromatic N) is 3. The van der Waals surface area contributed by atoms with Crippen molar-refractivity contribution in [2.45, 2.75) is 19.3 Å². The Kier molecular flexibility index (Phi) is 3.31. The average Bonchev–Trinajstić information content (AvgIpc) is 2.96. The molecule has 0 bridgehead atoms. The summed E-state index contributed by atoms with van der Waals surface area (Å²) in [7, 11) is 3.44. The zero-order chi connectivity index (χ0) is 13.3.